The van der Waals surface area contributed by atoms with E-state index in [1.807, 2.05) is 0 Å². The average molecular weight is 1100 g/mol. The second kappa shape index (κ2) is 32.5. The summed E-state index contributed by atoms with van der Waals surface area (Å²) in [5.74, 6) is -4.34. The van der Waals surface area contributed by atoms with Crippen LogP contribution < -0.4 is 36.6 Å². The Labute approximate surface area is 450 Å². The van der Waals surface area contributed by atoms with E-state index in [0.717, 1.165) is 12.5 Å². The highest BCUT2D eigenvalue weighted by molar-refractivity contribution is 6.07. The Hall–Kier alpha value is -7.17. The minimum atomic E-state index is -4.88. The number of benzene rings is 2. The molecule has 6 amide bonds. The molecule has 21 nitrogen and oxygen atoms in total. The number of alkyl halides is 3. The summed E-state index contributed by atoms with van der Waals surface area (Å²) in [5.41, 5.74) is -1.49. The van der Waals surface area contributed by atoms with E-state index in [0.29, 0.717) is 73.5 Å². The largest absolute Gasteiger partial charge is 0.484 e. The number of nitriles is 1. The fourth-order valence-electron chi connectivity index (χ4n) is 7.86. The van der Waals surface area contributed by atoms with E-state index in [4.69, 9.17) is 23.7 Å². The summed E-state index contributed by atoms with van der Waals surface area (Å²) in [5, 5.41) is 26.0. The van der Waals surface area contributed by atoms with Gasteiger partial charge in [0.2, 0.25) is 23.6 Å². The molecule has 6 N–H and O–H groups in total. The van der Waals surface area contributed by atoms with Gasteiger partial charge in [-0.1, -0.05) is 0 Å². The number of rotatable bonds is 33. The summed E-state index contributed by atoms with van der Waals surface area (Å²) in [6, 6.07) is 8.34. The first-order valence-electron chi connectivity index (χ1n) is 25.8. The number of unbranched alkanes of at least 4 members (excludes halogenated alkanes) is 2. The van der Waals surface area contributed by atoms with Crippen LogP contribution >= 0.6 is 0 Å². The molecule has 2 aromatic carbocycles. The van der Waals surface area contributed by atoms with Crippen molar-refractivity contribution in [3.63, 3.8) is 0 Å². The molecule has 0 bridgehead atoms. The van der Waals surface area contributed by atoms with Crippen molar-refractivity contribution in [2.24, 2.45) is 0 Å². The van der Waals surface area contributed by atoms with Crippen LogP contribution in [0.3, 0.4) is 0 Å². The predicted octanol–water partition coefficient (Wildman–Crippen LogP) is 4.47. The number of hydrogen-bond acceptors (Lipinski definition) is 15. The van der Waals surface area contributed by atoms with Crippen molar-refractivity contribution in [2.75, 3.05) is 84.3 Å². The number of pyridine rings is 1. The molecule has 3 aromatic rings. The van der Waals surface area contributed by atoms with Crippen LogP contribution in [0.15, 0.2) is 48.7 Å². The molecule has 78 heavy (non-hydrogen) atoms. The van der Waals surface area contributed by atoms with Crippen molar-refractivity contribution in [3.8, 4) is 11.8 Å². The van der Waals surface area contributed by atoms with Crippen LogP contribution in [0.1, 0.15) is 101 Å². The van der Waals surface area contributed by atoms with Gasteiger partial charge in [-0.3, -0.25) is 33.8 Å². The first-order valence-corrected chi connectivity index (χ1v) is 25.8. The lowest BCUT2D eigenvalue weighted by molar-refractivity contribution is -0.159. The van der Waals surface area contributed by atoms with Crippen molar-refractivity contribution >= 4 is 58.0 Å². The third-order valence-electron chi connectivity index (χ3n) is 11.7. The first-order chi connectivity index (χ1) is 37.1. The van der Waals surface area contributed by atoms with Gasteiger partial charge in [-0.25, -0.2) is 9.18 Å². The molecular weight excluding hydrogens is 1030 g/mol. The van der Waals surface area contributed by atoms with Gasteiger partial charge in [0.25, 0.3) is 11.8 Å². The normalized spacial score (nSPS) is 14.1. The number of fused-ring (bicyclic) bond motifs is 1. The number of nitrogens with zero attached hydrogens (tertiary/aromatic N) is 3. The minimum absolute atomic E-state index is 0.0209. The highest BCUT2D eigenvalue weighted by atomic mass is 19.4. The molecule has 2 heterocycles. The molecule has 1 saturated heterocycles. The Kier molecular flexibility index (Phi) is 26.4. The van der Waals surface area contributed by atoms with Gasteiger partial charge in [-0.15, -0.1) is 0 Å². The van der Waals surface area contributed by atoms with Crippen LogP contribution in [0.5, 0.6) is 5.75 Å². The molecular formula is C53H71F4N9O12. The van der Waals surface area contributed by atoms with E-state index in [1.165, 1.54) is 30.2 Å². The maximum atomic E-state index is 13.8. The third-order valence-corrected chi connectivity index (χ3v) is 11.7. The number of nitrogens with one attached hydrogen (secondary N) is 6. The molecule has 0 unspecified atom stereocenters. The van der Waals surface area contributed by atoms with Gasteiger partial charge >= 0.3 is 12.1 Å². The van der Waals surface area contributed by atoms with Gasteiger partial charge < -0.3 is 60.5 Å². The quantitative estimate of drug-likeness (QED) is 0.0279. The average Bonchev–Trinajstić information content (AvgIpc) is 3.87. The van der Waals surface area contributed by atoms with E-state index in [1.54, 1.807) is 39.0 Å². The van der Waals surface area contributed by atoms with E-state index < -0.39 is 70.9 Å². The Morgan fingerprint density at radius 3 is 2.18 bits per heavy atom. The van der Waals surface area contributed by atoms with E-state index in [2.05, 4.69) is 43.0 Å². The number of carbonyl (C=O) groups excluding carboxylic acids is 7. The fraction of sp³-hybridized carbons (Fsp3) is 0.566. The first kappa shape index (κ1) is 63.4. The van der Waals surface area contributed by atoms with Gasteiger partial charge in [0.05, 0.1) is 68.9 Å². The lowest BCUT2D eigenvalue weighted by atomic mass is 10.1. The number of aromatic nitrogens is 1. The van der Waals surface area contributed by atoms with Gasteiger partial charge in [-0.2, -0.15) is 18.4 Å². The van der Waals surface area contributed by atoms with Crippen LogP contribution in [0.25, 0.3) is 10.9 Å². The molecule has 1 aliphatic rings. The van der Waals surface area contributed by atoms with Crippen molar-refractivity contribution in [3.05, 3.63) is 65.6 Å². The van der Waals surface area contributed by atoms with Crippen LogP contribution in [0.4, 0.5) is 23.2 Å². The Morgan fingerprint density at radius 1 is 0.795 bits per heavy atom. The maximum Gasteiger partial charge on any atom is 0.419 e. The molecule has 1 aliphatic heterocycles. The van der Waals surface area contributed by atoms with Crippen molar-refractivity contribution in [1.29, 1.82) is 5.26 Å². The number of ether oxygens (including phenoxy) is 5. The molecule has 4 rings (SSSR count). The molecule has 0 spiro atoms. The Morgan fingerprint density at radius 2 is 1.49 bits per heavy atom. The molecule has 1 fully saturated rings. The molecule has 1 aromatic heterocycles. The smallest absolute Gasteiger partial charge is 0.419 e. The number of carbonyl (C=O) groups is 7. The standard InChI is InChI=1S/C53H71F4N9O12/c1-35(67)59-19-7-6-12-44(51(73)78-52(2,3)4)65-50(72)43(11-5-8-20-60-36-13-16-42(54)41(30-36)53(55,56)57)64-46(68)18-24-74-26-28-76-29-27-75-25-22-62-47(69)34-77-38-14-15-39-40(17-21-61-45(39)31-38)49(71)63-33-48(70)66-23-9-10-37(66)32-58/h13-17,21,30-31,37,43-44,60H,5-12,18-20,22-29,33-34H2,1-4H3,(H,59,67)(H,62,69)(H,63,71)(H,64,68)(H,65,72)/t37-,43-,44-/m0/s1. The van der Waals surface area contributed by atoms with Gasteiger partial charge in [0.15, 0.2) is 6.61 Å². The lowest BCUT2D eigenvalue weighted by Crippen LogP contribution is -2.52. The summed E-state index contributed by atoms with van der Waals surface area (Å²) < 4.78 is 81.2. The molecule has 25 heteroatoms. The van der Waals surface area contributed by atoms with Crippen molar-refractivity contribution in [1.82, 2.24) is 36.5 Å². The molecule has 3 atom stereocenters. The topological polar surface area (TPSA) is 278 Å². The number of anilines is 1. The summed E-state index contributed by atoms with van der Waals surface area (Å²) in [6.07, 6.45) is -0.331. The number of halogens is 4. The Balaban J connectivity index is 1.13. The zero-order chi connectivity index (χ0) is 57.1. The second-order valence-electron chi connectivity index (χ2n) is 19.1. The number of hydrogen-bond donors (Lipinski definition) is 6. The molecule has 0 saturated carbocycles. The summed E-state index contributed by atoms with van der Waals surface area (Å²) >= 11 is 0. The summed E-state index contributed by atoms with van der Waals surface area (Å²) in [4.78, 5) is 95.0. The van der Waals surface area contributed by atoms with Gasteiger partial charge in [-0.05, 0) is 109 Å². The number of amides is 6. The molecule has 0 radical (unpaired) electrons. The van der Waals surface area contributed by atoms with Crippen LogP contribution in [0, 0.1) is 17.1 Å². The van der Waals surface area contributed by atoms with Crippen molar-refractivity contribution in [2.45, 2.75) is 115 Å². The number of likely N-dealkylation sites (tertiary alicyclic amines) is 1. The lowest BCUT2D eigenvalue weighted by Gasteiger charge is -2.26. The highest BCUT2D eigenvalue weighted by Crippen LogP contribution is 2.33. The summed E-state index contributed by atoms with van der Waals surface area (Å²) in [7, 11) is 0. The van der Waals surface area contributed by atoms with Gasteiger partial charge in [0.1, 0.15) is 35.3 Å². The maximum absolute atomic E-state index is 13.8. The third kappa shape index (κ3) is 23.2. The van der Waals surface area contributed by atoms with Crippen LogP contribution in [0.2, 0.25) is 0 Å². The SMILES string of the molecule is CC(=O)NCCCC[C@H](NC(=O)[C@H](CCCCNc1ccc(F)c(C(F)(F)F)c1)NC(=O)CCOCCOCCOCCNC(=O)COc1ccc2c(C(=O)NCC(=O)N3CCC[C@H]3C#N)ccnc2c1)C(=O)OC(C)(C)C. The van der Waals surface area contributed by atoms with E-state index in [-0.39, 0.29) is 103 Å². The van der Waals surface area contributed by atoms with Crippen LogP contribution in [-0.2, 0) is 53.9 Å². The monoisotopic (exact) mass is 1100 g/mol. The predicted molar refractivity (Wildman–Crippen MR) is 276 cm³/mol. The zero-order valence-electron chi connectivity index (χ0n) is 44.5. The zero-order valence-corrected chi connectivity index (χ0v) is 44.5. The number of esters is 1. The highest BCUT2D eigenvalue weighted by Gasteiger charge is 2.35. The molecule has 0 aliphatic carbocycles. The molecule has 428 valence electrons. The van der Waals surface area contributed by atoms with E-state index >= 15 is 0 Å². The second-order valence-corrected chi connectivity index (χ2v) is 19.1. The van der Waals surface area contributed by atoms with Gasteiger partial charge in [0, 0.05) is 62.9 Å². The minimum Gasteiger partial charge on any atom is -0.484 e. The summed E-state index contributed by atoms with van der Waals surface area (Å²) in [6.45, 7) is 7.97. The van der Waals surface area contributed by atoms with Crippen LogP contribution in [-0.4, -0.2) is 154 Å². The Bertz CT molecular complexity index is 2520. The fourth-order valence-corrected chi connectivity index (χ4v) is 7.86. The van der Waals surface area contributed by atoms with Crippen molar-refractivity contribution < 1.29 is 74.8 Å². The van der Waals surface area contributed by atoms with E-state index in [9.17, 15) is 56.4 Å².